The molecule has 0 spiro atoms. The summed E-state index contributed by atoms with van der Waals surface area (Å²) in [6, 6.07) is 11.2. The van der Waals surface area contributed by atoms with Crippen LogP contribution in [0.4, 0.5) is 0 Å². The number of carbonyl (C=O) groups excluding carboxylic acids is 1. The van der Waals surface area contributed by atoms with E-state index in [2.05, 4.69) is 15.6 Å². The molecule has 0 unspecified atom stereocenters. The molecular formula is C17H23Cl2N3O2. The Bertz CT molecular complexity index is 621. The second-order valence-electron chi connectivity index (χ2n) is 4.98. The quantitative estimate of drug-likeness (QED) is 0.734. The van der Waals surface area contributed by atoms with Crippen LogP contribution in [0.3, 0.4) is 0 Å². The Morgan fingerprint density at radius 3 is 2.62 bits per heavy atom. The maximum absolute atomic E-state index is 12.0. The van der Waals surface area contributed by atoms with Gasteiger partial charge in [0.1, 0.15) is 12.4 Å². The molecule has 0 fully saturated rings. The molecule has 2 N–H and O–H groups in total. The van der Waals surface area contributed by atoms with Crippen LogP contribution in [-0.2, 0) is 6.61 Å². The molecule has 0 aliphatic rings. The third kappa shape index (κ3) is 7.17. The van der Waals surface area contributed by atoms with E-state index in [1.165, 1.54) is 0 Å². The number of rotatable bonds is 7. The minimum Gasteiger partial charge on any atom is -0.487 e. The van der Waals surface area contributed by atoms with E-state index in [0.29, 0.717) is 18.7 Å². The first-order chi connectivity index (χ1) is 10.7. The fourth-order valence-electron chi connectivity index (χ4n) is 1.91. The normalized spacial score (nSPS) is 9.42. The van der Waals surface area contributed by atoms with E-state index >= 15 is 0 Å². The van der Waals surface area contributed by atoms with Gasteiger partial charge < -0.3 is 15.4 Å². The summed E-state index contributed by atoms with van der Waals surface area (Å²) in [5, 5.41) is 5.84. The summed E-state index contributed by atoms with van der Waals surface area (Å²) in [6.45, 7) is 3.68. The van der Waals surface area contributed by atoms with Crippen molar-refractivity contribution in [2.75, 3.05) is 20.1 Å². The number of aryl methyl sites for hydroxylation is 1. The molecule has 0 aliphatic heterocycles. The van der Waals surface area contributed by atoms with E-state index in [9.17, 15) is 4.79 Å². The lowest BCUT2D eigenvalue weighted by molar-refractivity contribution is 0.0954. The Hall–Kier alpha value is -1.82. The number of aromatic nitrogens is 1. The molecule has 2 aromatic rings. The van der Waals surface area contributed by atoms with Crippen LogP contribution in [0.15, 0.2) is 42.6 Å². The Morgan fingerprint density at radius 2 is 1.96 bits per heavy atom. The summed E-state index contributed by atoms with van der Waals surface area (Å²) >= 11 is 0. The molecule has 24 heavy (non-hydrogen) atoms. The van der Waals surface area contributed by atoms with Crippen molar-refractivity contribution in [1.82, 2.24) is 15.6 Å². The number of pyridine rings is 1. The van der Waals surface area contributed by atoms with Gasteiger partial charge in [-0.1, -0.05) is 12.1 Å². The summed E-state index contributed by atoms with van der Waals surface area (Å²) in [4.78, 5) is 16.2. The second kappa shape index (κ2) is 11.7. The van der Waals surface area contributed by atoms with Gasteiger partial charge in [-0.15, -0.1) is 24.8 Å². The number of nitrogens with one attached hydrogen (secondary N) is 2. The van der Waals surface area contributed by atoms with Gasteiger partial charge in [0, 0.05) is 24.3 Å². The van der Waals surface area contributed by atoms with E-state index in [-0.39, 0.29) is 30.7 Å². The van der Waals surface area contributed by atoms with E-state index in [1.807, 2.05) is 44.3 Å². The molecule has 2 rings (SSSR count). The Labute approximate surface area is 155 Å². The van der Waals surface area contributed by atoms with Gasteiger partial charge in [0.25, 0.3) is 5.91 Å². The van der Waals surface area contributed by atoms with E-state index in [1.54, 1.807) is 12.3 Å². The predicted octanol–water partition coefficient (Wildman–Crippen LogP) is 2.76. The van der Waals surface area contributed by atoms with Crippen LogP contribution in [0.2, 0.25) is 0 Å². The lowest BCUT2D eigenvalue weighted by Gasteiger charge is -2.08. The lowest BCUT2D eigenvalue weighted by atomic mass is 10.1. The van der Waals surface area contributed by atoms with Crippen molar-refractivity contribution in [3.8, 4) is 5.75 Å². The van der Waals surface area contributed by atoms with Crippen LogP contribution in [0, 0.1) is 6.92 Å². The zero-order chi connectivity index (χ0) is 15.8. The SMILES string of the molecule is CNCCNC(=O)c1cccc(COc2ccc(C)nc2)c1.Cl.Cl. The fraction of sp³-hybridized carbons (Fsp3) is 0.294. The monoisotopic (exact) mass is 371 g/mol. The number of ether oxygens (including phenoxy) is 1. The molecule has 1 amide bonds. The van der Waals surface area contributed by atoms with Crippen molar-refractivity contribution in [3.63, 3.8) is 0 Å². The molecule has 132 valence electrons. The molecule has 1 heterocycles. The van der Waals surface area contributed by atoms with Crippen molar-refractivity contribution in [3.05, 3.63) is 59.4 Å². The molecular weight excluding hydrogens is 349 g/mol. The molecule has 1 aromatic carbocycles. The predicted molar refractivity (Wildman–Crippen MR) is 101 cm³/mol. The van der Waals surface area contributed by atoms with Gasteiger partial charge in [-0.2, -0.15) is 0 Å². The molecule has 0 bridgehead atoms. The Balaban J connectivity index is 0.00000264. The van der Waals surface area contributed by atoms with Gasteiger partial charge in [0.2, 0.25) is 0 Å². The number of nitrogens with zero attached hydrogens (tertiary/aromatic N) is 1. The highest BCUT2D eigenvalue weighted by Gasteiger charge is 2.06. The van der Waals surface area contributed by atoms with Crippen LogP contribution < -0.4 is 15.4 Å². The smallest absolute Gasteiger partial charge is 0.251 e. The molecule has 1 aromatic heterocycles. The van der Waals surface area contributed by atoms with Gasteiger partial charge in [-0.05, 0) is 43.8 Å². The number of likely N-dealkylation sites (N-methyl/N-ethyl adjacent to an activating group) is 1. The maximum atomic E-state index is 12.0. The summed E-state index contributed by atoms with van der Waals surface area (Å²) in [5.41, 5.74) is 2.54. The molecule has 0 saturated carbocycles. The number of carbonyl (C=O) groups is 1. The Morgan fingerprint density at radius 1 is 1.17 bits per heavy atom. The van der Waals surface area contributed by atoms with Crippen LogP contribution >= 0.6 is 24.8 Å². The van der Waals surface area contributed by atoms with Crippen molar-refractivity contribution >= 4 is 30.7 Å². The second-order valence-corrected chi connectivity index (χ2v) is 4.98. The third-order valence-corrected chi connectivity index (χ3v) is 3.14. The average Bonchev–Trinajstić information content (AvgIpc) is 2.55. The summed E-state index contributed by atoms with van der Waals surface area (Å²) in [5.74, 6) is 0.642. The van der Waals surface area contributed by atoms with Crippen LogP contribution in [-0.4, -0.2) is 31.0 Å². The number of benzene rings is 1. The van der Waals surface area contributed by atoms with Crippen LogP contribution in [0.5, 0.6) is 5.75 Å². The van der Waals surface area contributed by atoms with Gasteiger partial charge in [0.05, 0.1) is 6.20 Å². The lowest BCUT2D eigenvalue weighted by Crippen LogP contribution is -2.30. The minimum absolute atomic E-state index is 0. The molecule has 0 radical (unpaired) electrons. The maximum Gasteiger partial charge on any atom is 0.251 e. The van der Waals surface area contributed by atoms with Crippen molar-refractivity contribution < 1.29 is 9.53 Å². The van der Waals surface area contributed by atoms with Crippen LogP contribution in [0.1, 0.15) is 21.6 Å². The van der Waals surface area contributed by atoms with Gasteiger partial charge in [-0.3, -0.25) is 9.78 Å². The molecule has 0 atom stereocenters. The van der Waals surface area contributed by atoms with Crippen molar-refractivity contribution in [2.24, 2.45) is 0 Å². The average molecular weight is 372 g/mol. The van der Waals surface area contributed by atoms with Crippen molar-refractivity contribution in [1.29, 1.82) is 0 Å². The Kier molecular flexibility index (Phi) is 10.8. The largest absolute Gasteiger partial charge is 0.487 e. The van der Waals surface area contributed by atoms with Gasteiger partial charge in [0.15, 0.2) is 0 Å². The first-order valence-electron chi connectivity index (χ1n) is 7.26. The first kappa shape index (κ1) is 22.2. The van der Waals surface area contributed by atoms with Crippen molar-refractivity contribution in [2.45, 2.75) is 13.5 Å². The van der Waals surface area contributed by atoms with Gasteiger partial charge >= 0.3 is 0 Å². The number of hydrogen-bond donors (Lipinski definition) is 2. The molecule has 7 heteroatoms. The van der Waals surface area contributed by atoms with Crippen LogP contribution in [0.25, 0.3) is 0 Å². The number of amides is 1. The third-order valence-electron chi connectivity index (χ3n) is 3.14. The van der Waals surface area contributed by atoms with E-state index in [0.717, 1.165) is 23.6 Å². The summed E-state index contributed by atoms with van der Waals surface area (Å²) in [7, 11) is 1.85. The van der Waals surface area contributed by atoms with Gasteiger partial charge in [-0.25, -0.2) is 0 Å². The minimum atomic E-state index is -0.0749. The highest BCUT2D eigenvalue weighted by atomic mass is 35.5. The highest BCUT2D eigenvalue weighted by Crippen LogP contribution is 2.12. The fourth-order valence-corrected chi connectivity index (χ4v) is 1.91. The number of hydrogen-bond acceptors (Lipinski definition) is 4. The zero-order valence-electron chi connectivity index (χ0n) is 13.7. The highest BCUT2D eigenvalue weighted by molar-refractivity contribution is 5.94. The number of halogens is 2. The standard InChI is InChI=1S/C17H21N3O2.2ClH/c1-13-6-7-16(11-20-13)22-12-14-4-3-5-15(10-14)17(21)19-9-8-18-2;;/h3-7,10-11,18H,8-9,12H2,1-2H3,(H,19,21);2*1H. The zero-order valence-corrected chi connectivity index (χ0v) is 15.4. The molecule has 5 nitrogen and oxygen atoms in total. The molecule has 0 aliphatic carbocycles. The summed E-state index contributed by atoms with van der Waals surface area (Å²) in [6.07, 6.45) is 1.70. The van der Waals surface area contributed by atoms with E-state index in [4.69, 9.17) is 4.74 Å². The topological polar surface area (TPSA) is 63.2 Å². The molecule has 0 saturated heterocycles. The first-order valence-corrected chi connectivity index (χ1v) is 7.26. The van der Waals surface area contributed by atoms with E-state index < -0.39 is 0 Å². The summed E-state index contributed by atoms with van der Waals surface area (Å²) < 4.78 is 5.68.